The molecule has 0 aromatic heterocycles. The second-order valence-electron chi connectivity index (χ2n) is 9.11. The molecule has 1 N–H and O–H groups in total. The minimum atomic E-state index is 0.429. The monoisotopic (exact) mass is 381 g/mol. The van der Waals surface area contributed by atoms with Crippen molar-refractivity contribution in [1.82, 2.24) is 5.32 Å². The first-order valence-corrected chi connectivity index (χ1v) is 10.7. The molecule has 2 aromatic carbocycles. The molecule has 4 saturated carbocycles. The highest BCUT2D eigenvalue weighted by atomic mass is 35.5. The lowest BCUT2D eigenvalue weighted by Crippen LogP contribution is -2.58. The summed E-state index contributed by atoms with van der Waals surface area (Å²) >= 11 is 5.93. The van der Waals surface area contributed by atoms with Crippen molar-refractivity contribution in [3.05, 3.63) is 64.7 Å². The van der Waals surface area contributed by atoms with Gasteiger partial charge in [0.1, 0.15) is 12.4 Å². The first-order chi connectivity index (χ1) is 13.2. The second kappa shape index (κ2) is 7.14. The summed E-state index contributed by atoms with van der Waals surface area (Å²) in [5.74, 6) is 3.90. The summed E-state index contributed by atoms with van der Waals surface area (Å²) in [6, 6.07) is 16.4. The molecule has 0 amide bonds. The van der Waals surface area contributed by atoms with E-state index in [4.69, 9.17) is 16.3 Å². The van der Waals surface area contributed by atoms with E-state index in [-0.39, 0.29) is 0 Å². The molecule has 0 spiro atoms. The van der Waals surface area contributed by atoms with E-state index in [1.165, 1.54) is 44.1 Å². The summed E-state index contributed by atoms with van der Waals surface area (Å²) < 4.78 is 5.90. The Morgan fingerprint density at radius 1 is 0.815 bits per heavy atom. The Kier molecular flexibility index (Phi) is 4.65. The third-order valence-corrected chi connectivity index (χ3v) is 7.20. The van der Waals surface area contributed by atoms with Crippen molar-refractivity contribution in [2.45, 2.75) is 57.2 Å². The van der Waals surface area contributed by atoms with Crippen LogP contribution in [0.5, 0.6) is 5.75 Å². The smallest absolute Gasteiger partial charge is 0.119 e. The fourth-order valence-corrected chi connectivity index (χ4v) is 6.19. The first kappa shape index (κ1) is 17.6. The Labute approximate surface area is 167 Å². The normalized spacial score (nSPS) is 31.2. The highest BCUT2D eigenvalue weighted by Crippen LogP contribution is 2.55. The Morgan fingerprint density at radius 3 is 1.96 bits per heavy atom. The quantitative estimate of drug-likeness (QED) is 0.664. The van der Waals surface area contributed by atoms with Crippen LogP contribution in [0.25, 0.3) is 0 Å². The van der Waals surface area contributed by atoms with Gasteiger partial charge in [-0.25, -0.2) is 0 Å². The fraction of sp³-hybridized carbons (Fsp3) is 0.500. The second-order valence-corrected chi connectivity index (χ2v) is 9.55. The van der Waals surface area contributed by atoms with E-state index in [0.717, 1.165) is 40.6 Å². The zero-order valence-electron chi connectivity index (χ0n) is 15.8. The van der Waals surface area contributed by atoms with Gasteiger partial charge in [0.2, 0.25) is 0 Å². The SMILES string of the molecule is Clc1ccc(COc2ccc(CNC34CC5CC(CC(C5)C3)C4)cc2)cc1. The molecule has 0 saturated heterocycles. The van der Waals surface area contributed by atoms with Crippen LogP contribution in [0.2, 0.25) is 5.02 Å². The minimum absolute atomic E-state index is 0.429. The maximum Gasteiger partial charge on any atom is 0.119 e. The standard InChI is InChI=1S/C24H28ClNO/c25-22-5-1-18(2-6-22)16-27-23-7-3-17(4-8-23)15-26-24-12-19-9-20(13-24)11-21(10-19)14-24/h1-8,19-21,26H,9-16H2. The number of halogens is 1. The van der Waals surface area contributed by atoms with E-state index in [1.807, 2.05) is 24.3 Å². The van der Waals surface area contributed by atoms with Crippen LogP contribution in [0.15, 0.2) is 48.5 Å². The van der Waals surface area contributed by atoms with Crippen molar-refractivity contribution >= 4 is 11.6 Å². The third kappa shape index (κ3) is 3.88. The van der Waals surface area contributed by atoms with E-state index >= 15 is 0 Å². The molecule has 4 aliphatic rings. The third-order valence-electron chi connectivity index (χ3n) is 6.95. The van der Waals surface area contributed by atoms with Gasteiger partial charge in [-0.3, -0.25) is 0 Å². The largest absolute Gasteiger partial charge is 0.489 e. The van der Waals surface area contributed by atoms with E-state index in [9.17, 15) is 0 Å². The number of nitrogens with one attached hydrogen (secondary N) is 1. The van der Waals surface area contributed by atoms with E-state index in [1.54, 1.807) is 0 Å². The summed E-state index contributed by atoms with van der Waals surface area (Å²) in [6.45, 7) is 1.55. The van der Waals surface area contributed by atoms with Gasteiger partial charge in [0.05, 0.1) is 0 Å². The lowest BCUT2D eigenvalue weighted by Gasteiger charge is -2.57. The fourth-order valence-electron chi connectivity index (χ4n) is 6.07. The van der Waals surface area contributed by atoms with Gasteiger partial charge in [0.15, 0.2) is 0 Å². The Bertz CT molecular complexity index is 748. The average Bonchev–Trinajstić information content (AvgIpc) is 2.66. The number of benzene rings is 2. The maximum atomic E-state index is 5.93. The van der Waals surface area contributed by atoms with Crippen molar-refractivity contribution in [1.29, 1.82) is 0 Å². The maximum absolute atomic E-state index is 5.93. The first-order valence-electron chi connectivity index (χ1n) is 10.4. The molecule has 2 aromatic rings. The van der Waals surface area contributed by atoms with Gasteiger partial charge < -0.3 is 10.1 Å². The number of hydrogen-bond donors (Lipinski definition) is 1. The van der Waals surface area contributed by atoms with Crippen molar-refractivity contribution in [2.24, 2.45) is 17.8 Å². The summed E-state index contributed by atoms with van der Waals surface area (Å²) in [6.07, 6.45) is 8.71. The number of hydrogen-bond acceptors (Lipinski definition) is 2. The summed E-state index contributed by atoms with van der Waals surface area (Å²) in [5, 5.41) is 4.73. The van der Waals surface area contributed by atoms with Crippen molar-refractivity contribution in [3.63, 3.8) is 0 Å². The van der Waals surface area contributed by atoms with Gasteiger partial charge >= 0.3 is 0 Å². The zero-order chi connectivity index (χ0) is 18.3. The van der Waals surface area contributed by atoms with Crippen molar-refractivity contribution in [3.8, 4) is 5.75 Å². The molecule has 6 rings (SSSR count). The highest BCUT2D eigenvalue weighted by Gasteiger charge is 2.50. The van der Waals surface area contributed by atoms with Crippen LogP contribution < -0.4 is 10.1 Å². The molecular weight excluding hydrogens is 354 g/mol. The Hall–Kier alpha value is -1.51. The lowest BCUT2D eigenvalue weighted by atomic mass is 9.53. The molecular formula is C24H28ClNO. The van der Waals surface area contributed by atoms with Gasteiger partial charge in [-0.2, -0.15) is 0 Å². The molecule has 0 radical (unpaired) electrons. The Balaban J connectivity index is 1.16. The summed E-state index contributed by atoms with van der Waals surface area (Å²) in [7, 11) is 0. The molecule has 0 heterocycles. The summed E-state index contributed by atoms with van der Waals surface area (Å²) in [4.78, 5) is 0. The number of ether oxygens (including phenoxy) is 1. The Morgan fingerprint density at radius 2 is 1.37 bits per heavy atom. The molecule has 0 unspecified atom stereocenters. The van der Waals surface area contributed by atoms with Crippen molar-refractivity contribution in [2.75, 3.05) is 0 Å². The van der Waals surface area contributed by atoms with Crippen molar-refractivity contribution < 1.29 is 4.74 Å². The molecule has 0 aliphatic heterocycles. The molecule has 142 valence electrons. The van der Waals surface area contributed by atoms with Gasteiger partial charge in [0, 0.05) is 17.1 Å². The van der Waals surface area contributed by atoms with Crippen LogP contribution in [-0.4, -0.2) is 5.54 Å². The van der Waals surface area contributed by atoms with Gasteiger partial charge in [-0.15, -0.1) is 0 Å². The molecule has 27 heavy (non-hydrogen) atoms. The molecule has 0 atom stereocenters. The summed E-state index contributed by atoms with van der Waals surface area (Å²) in [5.41, 5.74) is 2.91. The van der Waals surface area contributed by atoms with Crippen LogP contribution in [0.1, 0.15) is 49.7 Å². The lowest BCUT2D eigenvalue weighted by molar-refractivity contribution is -0.0206. The highest BCUT2D eigenvalue weighted by molar-refractivity contribution is 6.30. The average molecular weight is 382 g/mol. The zero-order valence-corrected chi connectivity index (χ0v) is 16.5. The van der Waals surface area contributed by atoms with E-state index in [2.05, 4.69) is 29.6 Å². The molecule has 4 bridgehead atoms. The van der Waals surface area contributed by atoms with Crippen LogP contribution in [0.4, 0.5) is 0 Å². The van der Waals surface area contributed by atoms with Gasteiger partial charge in [0.25, 0.3) is 0 Å². The van der Waals surface area contributed by atoms with Gasteiger partial charge in [-0.1, -0.05) is 35.9 Å². The van der Waals surface area contributed by atoms with Crippen LogP contribution in [-0.2, 0) is 13.2 Å². The predicted octanol–water partition coefficient (Wildman–Crippen LogP) is 5.98. The van der Waals surface area contributed by atoms with Crippen LogP contribution in [0.3, 0.4) is 0 Å². The predicted molar refractivity (Wildman–Crippen MR) is 110 cm³/mol. The van der Waals surface area contributed by atoms with E-state index < -0.39 is 0 Å². The minimum Gasteiger partial charge on any atom is -0.489 e. The molecule has 4 aliphatic carbocycles. The molecule has 3 heteroatoms. The number of rotatable bonds is 6. The topological polar surface area (TPSA) is 21.3 Å². The van der Waals surface area contributed by atoms with Crippen LogP contribution in [0, 0.1) is 17.8 Å². The van der Waals surface area contributed by atoms with Crippen LogP contribution >= 0.6 is 11.6 Å². The van der Waals surface area contributed by atoms with E-state index in [0.29, 0.717) is 12.1 Å². The molecule has 4 fully saturated rings. The molecule has 2 nitrogen and oxygen atoms in total. The van der Waals surface area contributed by atoms with Gasteiger partial charge in [-0.05, 0) is 91.7 Å².